The first-order chi connectivity index (χ1) is 8.73. The molecule has 0 aromatic rings. The number of rotatable bonds is 0. The molecule has 0 saturated carbocycles. The smallest absolute Gasteiger partial charge is 0.240 e. The minimum Gasteiger partial charge on any atom is -0.353 e. The number of hydrogen-bond acceptors (Lipinski definition) is 3. The van der Waals surface area contributed by atoms with Crippen molar-refractivity contribution < 1.29 is 4.79 Å². The van der Waals surface area contributed by atoms with Gasteiger partial charge in [-0.1, -0.05) is 27.7 Å². The molecule has 2 aliphatic rings. The van der Waals surface area contributed by atoms with Gasteiger partial charge in [0.1, 0.15) is 0 Å². The summed E-state index contributed by atoms with van der Waals surface area (Å²) in [7, 11) is 2.12. The molecule has 2 aliphatic heterocycles. The molecule has 1 spiro atoms. The van der Waals surface area contributed by atoms with Crippen LogP contribution in [-0.2, 0) is 4.79 Å². The van der Waals surface area contributed by atoms with E-state index in [0.717, 1.165) is 45.4 Å². The molecule has 0 aromatic heterocycles. The molecule has 18 heavy (non-hydrogen) atoms. The number of likely N-dealkylation sites (tertiary alicyclic amines) is 1. The van der Waals surface area contributed by atoms with Gasteiger partial charge in [0.25, 0.3) is 0 Å². The average Bonchev–Trinajstić information content (AvgIpc) is 2.62. The van der Waals surface area contributed by atoms with Gasteiger partial charge in [-0.05, 0) is 32.9 Å². The highest BCUT2D eigenvalue weighted by Gasteiger charge is 2.40. The van der Waals surface area contributed by atoms with Crippen molar-refractivity contribution in [3.05, 3.63) is 0 Å². The van der Waals surface area contributed by atoms with Crippen LogP contribution in [0.2, 0.25) is 0 Å². The van der Waals surface area contributed by atoms with Gasteiger partial charge in [0.15, 0.2) is 0 Å². The molecule has 1 atom stereocenters. The highest BCUT2D eigenvalue weighted by molar-refractivity contribution is 5.87. The van der Waals surface area contributed by atoms with Crippen LogP contribution < -0.4 is 10.6 Å². The Bertz CT molecular complexity index is 233. The average molecular weight is 257 g/mol. The number of piperazine rings is 1. The van der Waals surface area contributed by atoms with E-state index in [1.165, 1.54) is 0 Å². The lowest BCUT2D eigenvalue weighted by Gasteiger charge is -2.36. The summed E-state index contributed by atoms with van der Waals surface area (Å²) < 4.78 is 0. The van der Waals surface area contributed by atoms with Gasteiger partial charge in [0.2, 0.25) is 5.91 Å². The van der Waals surface area contributed by atoms with Gasteiger partial charge >= 0.3 is 0 Å². The van der Waals surface area contributed by atoms with E-state index in [0.29, 0.717) is 0 Å². The van der Waals surface area contributed by atoms with E-state index in [4.69, 9.17) is 0 Å². The molecular formula is C14H31N3O. The van der Waals surface area contributed by atoms with Crippen molar-refractivity contribution in [2.75, 3.05) is 33.2 Å². The molecule has 2 fully saturated rings. The van der Waals surface area contributed by atoms with E-state index < -0.39 is 0 Å². The molecular weight excluding hydrogens is 226 g/mol. The molecule has 4 heteroatoms. The fourth-order valence-electron chi connectivity index (χ4n) is 2.40. The summed E-state index contributed by atoms with van der Waals surface area (Å²) in [5.41, 5.74) is -0.261. The first kappa shape index (κ1) is 17.4. The van der Waals surface area contributed by atoms with Crippen molar-refractivity contribution in [3.8, 4) is 0 Å². The zero-order valence-corrected chi connectivity index (χ0v) is 12.8. The van der Waals surface area contributed by atoms with Gasteiger partial charge in [0.05, 0.1) is 5.54 Å². The highest BCUT2D eigenvalue weighted by Crippen LogP contribution is 2.23. The monoisotopic (exact) mass is 257 g/mol. The van der Waals surface area contributed by atoms with Crippen molar-refractivity contribution in [2.45, 2.75) is 52.5 Å². The zero-order valence-electron chi connectivity index (χ0n) is 12.8. The van der Waals surface area contributed by atoms with E-state index in [1.54, 1.807) is 0 Å². The first-order valence-electron chi connectivity index (χ1n) is 7.45. The van der Waals surface area contributed by atoms with Gasteiger partial charge in [-0.15, -0.1) is 0 Å². The van der Waals surface area contributed by atoms with Crippen molar-refractivity contribution >= 4 is 5.91 Å². The van der Waals surface area contributed by atoms with Crippen LogP contribution in [0.25, 0.3) is 0 Å². The molecule has 0 aromatic carbocycles. The van der Waals surface area contributed by atoms with Crippen molar-refractivity contribution in [2.24, 2.45) is 0 Å². The van der Waals surface area contributed by atoms with Gasteiger partial charge in [-0.25, -0.2) is 0 Å². The van der Waals surface area contributed by atoms with Crippen LogP contribution in [0.15, 0.2) is 0 Å². The highest BCUT2D eigenvalue weighted by atomic mass is 16.2. The SMILES string of the molecule is CC.CC.CN1CCCC2(CC1)NCCNC2=O. The maximum absolute atomic E-state index is 11.8. The minimum absolute atomic E-state index is 0.207. The third-order valence-corrected chi connectivity index (χ3v) is 3.37. The fourth-order valence-corrected chi connectivity index (χ4v) is 2.40. The molecule has 0 radical (unpaired) electrons. The van der Waals surface area contributed by atoms with Crippen LogP contribution in [0.3, 0.4) is 0 Å². The first-order valence-corrected chi connectivity index (χ1v) is 7.45. The van der Waals surface area contributed by atoms with Gasteiger partial charge < -0.3 is 15.5 Å². The standard InChI is InChI=1S/C10H19N3O.2C2H6/c1-13-7-2-3-10(4-8-13)9(14)11-5-6-12-10;2*1-2/h12H,2-8H2,1H3,(H,11,14);2*1-2H3. The molecule has 2 rings (SSSR count). The predicted molar refractivity (Wildman–Crippen MR) is 77.8 cm³/mol. The largest absolute Gasteiger partial charge is 0.353 e. The predicted octanol–water partition coefficient (Wildman–Crippen LogP) is 1.61. The summed E-state index contributed by atoms with van der Waals surface area (Å²) in [5.74, 6) is 0.207. The summed E-state index contributed by atoms with van der Waals surface area (Å²) in [6, 6.07) is 0. The number of carbonyl (C=O) groups is 1. The van der Waals surface area contributed by atoms with Gasteiger partial charge in [0, 0.05) is 19.6 Å². The Morgan fingerprint density at radius 1 is 1.06 bits per heavy atom. The maximum atomic E-state index is 11.8. The van der Waals surface area contributed by atoms with Gasteiger partial charge in [-0.3, -0.25) is 4.79 Å². The number of carbonyl (C=O) groups excluding carboxylic acids is 1. The van der Waals surface area contributed by atoms with E-state index >= 15 is 0 Å². The number of nitrogens with one attached hydrogen (secondary N) is 2. The van der Waals surface area contributed by atoms with Crippen molar-refractivity contribution in [1.82, 2.24) is 15.5 Å². The van der Waals surface area contributed by atoms with Crippen LogP contribution in [0.1, 0.15) is 47.0 Å². The molecule has 0 aliphatic carbocycles. The number of hydrogen-bond donors (Lipinski definition) is 2. The summed E-state index contributed by atoms with van der Waals surface area (Å²) in [6.45, 7) is 11.8. The lowest BCUT2D eigenvalue weighted by Crippen LogP contribution is -2.63. The van der Waals surface area contributed by atoms with Crippen molar-refractivity contribution in [1.29, 1.82) is 0 Å². The second kappa shape index (κ2) is 9.34. The Morgan fingerprint density at radius 3 is 2.33 bits per heavy atom. The van der Waals surface area contributed by atoms with Crippen LogP contribution in [0, 0.1) is 0 Å². The normalized spacial score (nSPS) is 28.2. The Hall–Kier alpha value is -0.610. The maximum Gasteiger partial charge on any atom is 0.240 e. The fraction of sp³-hybridized carbons (Fsp3) is 0.929. The third kappa shape index (κ3) is 4.58. The van der Waals surface area contributed by atoms with E-state index in [2.05, 4.69) is 22.6 Å². The van der Waals surface area contributed by atoms with Crippen molar-refractivity contribution in [3.63, 3.8) is 0 Å². The van der Waals surface area contributed by atoms with Crippen LogP contribution >= 0.6 is 0 Å². The number of nitrogens with zero attached hydrogens (tertiary/aromatic N) is 1. The molecule has 0 bridgehead atoms. The molecule has 2 heterocycles. The second-order valence-corrected chi connectivity index (χ2v) is 4.42. The summed E-state index contributed by atoms with van der Waals surface area (Å²) >= 11 is 0. The topological polar surface area (TPSA) is 44.4 Å². The Morgan fingerprint density at radius 2 is 1.72 bits per heavy atom. The zero-order chi connectivity index (χ0) is 14.0. The molecule has 108 valence electrons. The molecule has 2 saturated heterocycles. The van der Waals surface area contributed by atoms with Gasteiger partial charge in [-0.2, -0.15) is 0 Å². The third-order valence-electron chi connectivity index (χ3n) is 3.37. The molecule has 1 unspecified atom stereocenters. The van der Waals surface area contributed by atoms with Crippen LogP contribution in [-0.4, -0.2) is 49.6 Å². The minimum atomic E-state index is -0.261. The number of amides is 1. The molecule has 1 amide bonds. The Kier molecular flexibility index (Phi) is 9.02. The van der Waals surface area contributed by atoms with E-state index in [9.17, 15) is 4.79 Å². The lowest BCUT2D eigenvalue weighted by atomic mass is 9.88. The summed E-state index contributed by atoms with van der Waals surface area (Å²) in [5, 5.41) is 6.37. The molecule has 4 nitrogen and oxygen atoms in total. The Labute approximate surface area is 113 Å². The van der Waals surface area contributed by atoms with Crippen LogP contribution in [0.5, 0.6) is 0 Å². The second-order valence-electron chi connectivity index (χ2n) is 4.42. The quantitative estimate of drug-likeness (QED) is 0.693. The summed E-state index contributed by atoms with van der Waals surface area (Å²) in [6.07, 6.45) is 3.02. The summed E-state index contributed by atoms with van der Waals surface area (Å²) in [4.78, 5) is 14.1. The van der Waals surface area contributed by atoms with Crippen LogP contribution in [0.4, 0.5) is 0 Å². The van der Waals surface area contributed by atoms with E-state index in [1.807, 2.05) is 27.7 Å². The lowest BCUT2D eigenvalue weighted by molar-refractivity contribution is -0.129. The Balaban J connectivity index is 0.000000659. The molecule has 2 N–H and O–H groups in total. The van der Waals surface area contributed by atoms with E-state index in [-0.39, 0.29) is 11.4 Å².